The lowest BCUT2D eigenvalue weighted by molar-refractivity contribution is -0.137. The Morgan fingerprint density at radius 2 is 2.38 bits per heavy atom. The van der Waals surface area contributed by atoms with Gasteiger partial charge in [0.05, 0.1) is 6.61 Å². The molecule has 0 bridgehead atoms. The van der Waals surface area contributed by atoms with Crippen molar-refractivity contribution in [1.29, 1.82) is 0 Å². The number of hydrogen-bond acceptors (Lipinski definition) is 2. The largest absolute Gasteiger partial charge is 0.481 e. The lowest BCUT2D eigenvalue weighted by Gasteiger charge is -1.91. The van der Waals surface area contributed by atoms with Gasteiger partial charge in [-0.1, -0.05) is 0 Å². The first kappa shape index (κ1) is 7.86. The van der Waals surface area contributed by atoms with Gasteiger partial charge in [0.25, 0.3) is 0 Å². The summed E-state index contributed by atoms with van der Waals surface area (Å²) in [5.74, 6) is -0.771. The highest BCUT2D eigenvalue weighted by atomic mass is 31.0. The average molecular weight is 136 g/mol. The van der Waals surface area contributed by atoms with E-state index >= 15 is 0 Å². The molecule has 0 aliphatic carbocycles. The van der Waals surface area contributed by atoms with Crippen LogP contribution >= 0.6 is 9.47 Å². The second-order valence-corrected chi connectivity index (χ2v) is 1.70. The molecule has 1 N–H and O–H groups in total. The van der Waals surface area contributed by atoms with Gasteiger partial charge in [-0.2, -0.15) is 0 Å². The van der Waals surface area contributed by atoms with Gasteiger partial charge in [0.15, 0.2) is 0 Å². The quantitative estimate of drug-likeness (QED) is 0.456. The van der Waals surface area contributed by atoms with E-state index in [0.29, 0.717) is 13.0 Å². The summed E-state index contributed by atoms with van der Waals surface area (Å²) in [6.45, 7) is 0.497. The van der Waals surface area contributed by atoms with Crippen LogP contribution in [0.3, 0.4) is 0 Å². The average Bonchev–Trinajstić information content (AvgIpc) is 1.66. The van der Waals surface area contributed by atoms with Crippen LogP contribution in [0.4, 0.5) is 0 Å². The number of aliphatic carboxylic acids is 1. The first-order chi connectivity index (χ1) is 3.77. The third-order valence-electron chi connectivity index (χ3n) is 0.653. The summed E-state index contributed by atoms with van der Waals surface area (Å²) in [7, 11) is 2.07. The Balaban J connectivity index is 2.82. The van der Waals surface area contributed by atoms with Crippen LogP contribution in [-0.4, -0.2) is 17.7 Å². The SMILES string of the molecule is O=C(O)CCCOP. The van der Waals surface area contributed by atoms with Crippen LogP contribution in [0.25, 0.3) is 0 Å². The van der Waals surface area contributed by atoms with Gasteiger partial charge in [0, 0.05) is 15.9 Å². The minimum atomic E-state index is -0.771. The minimum Gasteiger partial charge on any atom is -0.481 e. The molecule has 0 aliphatic heterocycles. The van der Waals surface area contributed by atoms with E-state index in [-0.39, 0.29) is 6.42 Å². The van der Waals surface area contributed by atoms with Crippen LogP contribution in [0.5, 0.6) is 0 Å². The van der Waals surface area contributed by atoms with E-state index in [1.165, 1.54) is 0 Å². The Labute approximate surface area is 50.3 Å². The second-order valence-electron chi connectivity index (χ2n) is 1.37. The smallest absolute Gasteiger partial charge is 0.303 e. The lowest BCUT2D eigenvalue weighted by Crippen LogP contribution is -1.95. The van der Waals surface area contributed by atoms with Crippen molar-refractivity contribution in [3.63, 3.8) is 0 Å². The van der Waals surface area contributed by atoms with Gasteiger partial charge in [-0.25, -0.2) is 0 Å². The van der Waals surface area contributed by atoms with E-state index in [2.05, 4.69) is 14.0 Å². The molecule has 0 aromatic carbocycles. The monoisotopic (exact) mass is 136 g/mol. The second kappa shape index (κ2) is 5.01. The van der Waals surface area contributed by atoms with E-state index in [0.717, 1.165) is 0 Å². The number of carbonyl (C=O) groups is 1. The van der Waals surface area contributed by atoms with Crippen molar-refractivity contribution in [2.75, 3.05) is 6.61 Å². The fraction of sp³-hybridized carbons (Fsp3) is 0.750. The summed E-state index contributed by atoms with van der Waals surface area (Å²) in [6.07, 6.45) is 0.771. The minimum absolute atomic E-state index is 0.189. The lowest BCUT2D eigenvalue weighted by atomic mass is 10.3. The summed E-state index contributed by atoms with van der Waals surface area (Å²) < 4.78 is 4.55. The highest BCUT2D eigenvalue weighted by molar-refractivity contribution is 7.09. The predicted octanol–water partition coefficient (Wildman–Crippen LogP) is 0.658. The molecule has 0 spiro atoms. The summed E-state index contributed by atoms with van der Waals surface area (Å²) in [5, 5.41) is 8.08. The Kier molecular flexibility index (Phi) is 4.92. The van der Waals surface area contributed by atoms with Crippen molar-refractivity contribution in [2.45, 2.75) is 12.8 Å². The van der Waals surface area contributed by atoms with Gasteiger partial charge in [-0.15, -0.1) is 0 Å². The summed E-state index contributed by atoms with van der Waals surface area (Å²) in [6, 6.07) is 0. The van der Waals surface area contributed by atoms with Crippen molar-refractivity contribution in [3.8, 4) is 0 Å². The highest BCUT2D eigenvalue weighted by Gasteiger charge is 1.93. The molecule has 0 heterocycles. The number of carboxylic acids is 1. The maximum absolute atomic E-state index is 9.81. The van der Waals surface area contributed by atoms with Crippen LogP contribution in [-0.2, 0) is 9.32 Å². The zero-order chi connectivity index (χ0) is 6.41. The molecule has 1 unspecified atom stereocenters. The standard InChI is InChI=1S/C4H9O3P/c5-4(6)2-1-3-7-8/h1-3,8H2,(H,5,6). The van der Waals surface area contributed by atoms with E-state index in [1.807, 2.05) is 0 Å². The van der Waals surface area contributed by atoms with Crippen molar-refractivity contribution in [3.05, 3.63) is 0 Å². The van der Waals surface area contributed by atoms with Crippen LogP contribution in [0.2, 0.25) is 0 Å². The third-order valence-corrected chi connectivity index (χ3v) is 0.889. The fourth-order valence-corrected chi connectivity index (χ4v) is 0.473. The van der Waals surface area contributed by atoms with Gasteiger partial charge in [-0.05, 0) is 6.42 Å². The van der Waals surface area contributed by atoms with Crippen LogP contribution < -0.4 is 0 Å². The van der Waals surface area contributed by atoms with E-state index < -0.39 is 5.97 Å². The van der Waals surface area contributed by atoms with Gasteiger partial charge < -0.3 is 9.63 Å². The predicted molar refractivity (Wildman–Crippen MR) is 32.5 cm³/mol. The Hall–Kier alpha value is -0.140. The number of carboxylic acid groups (broad SMARTS) is 1. The molecule has 3 nitrogen and oxygen atoms in total. The fourth-order valence-electron chi connectivity index (χ4n) is 0.307. The van der Waals surface area contributed by atoms with Crippen molar-refractivity contribution < 1.29 is 14.4 Å². The zero-order valence-corrected chi connectivity index (χ0v) is 5.62. The maximum Gasteiger partial charge on any atom is 0.303 e. The van der Waals surface area contributed by atoms with Gasteiger partial charge >= 0.3 is 5.97 Å². The molecule has 0 saturated carbocycles. The first-order valence-corrected chi connectivity index (χ1v) is 2.78. The first-order valence-electron chi connectivity index (χ1n) is 2.31. The molecule has 48 valence electrons. The molecule has 0 fully saturated rings. The van der Waals surface area contributed by atoms with Crippen molar-refractivity contribution >= 4 is 15.4 Å². The van der Waals surface area contributed by atoms with Gasteiger partial charge in [0.2, 0.25) is 0 Å². The number of rotatable bonds is 4. The normalized spacial score (nSPS) is 9.12. The molecular formula is C4H9O3P. The van der Waals surface area contributed by atoms with Crippen molar-refractivity contribution in [2.24, 2.45) is 0 Å². The van der Waals surface area contributed by atoms with E-state index in [4.69, 9.17) is 5.11 Å². The Morgan fingerprint density at radius 1 is 1.75 bits per heavy atom. The molecule has 4 heteroatoms. The van der Waals surface area contributed by atoms with Crippen LogP contribution in [0, 0.1) is 0 Å². The van der Waals surface area contributed by atoms with E-state index in [1.54, 1.807) is 0 Å². The molecule has 0 amide bonds. The molecule has 0 saturated heterocycles. The maximum atomic E-state index is 9.81. The molecule has 0 aromatic rings. The zero-order valence-electron chi connectivity index (χ0n) is 4.46. The summed E-state index contributed by atoms with van der Waals surface area (Å²) in [5.41, 5.74) is 0. The molecule has 0 rings (SSSR count). The number of hydrogen-bond donors (Lipinski definition) is 1. The van der Waals surface area contributed by atoms with Crippen LogP contribution in [0.15, 0.2) is 0 Å². The Bertz CT molecular complexity index is 73.7. The molecule has 8 heavy (non-hydrogen) atoms. The van der Waals surface area contributed by atoms with Crippen molar-refractivity contribution in [1.82, 2.24) is 0 Å². The molecule has 0 aliphatic rings. The van der Waals surface area contributed by atoms with Gasteiger partial charge in [0.1, 0.15) is 0 Å². The van der Waals surface area contributed by atoms with Gasteiger partial charge in [-0.3, -0.25) is 4.79 Å². The topological polar surface area (TPSA) is 46.5 Å². The molecule has 1 atom stereocenters. The van der Waals surface area contributed by atoms with Crippen LogP contribution in [0.1, 0.15) is 12.8 Å². The molecular weight excluding hydrogens is 127 g/mol. The van der Waals surface area contributed by atoms with E-state index in [9.17, 15) is 4.79 Å². The molecule has 0 radical (unpaired) electrons. The molecule has 0 aromatic heterocycles. The summed E-state index contributed by atoms with van der Waals surface area (Å²) in [4.78, 5) is 9.81. The Morgan fingerprint density at radius 3 is 2.75 bits per heavy atom. The summed E-state index contributed by atoms with van der Waals surface area (Å²) >= 11 is 0. The third kappa shape index (κ3) is 5.86. The highest BCUT2D eigenvalue weighted by Crippen LogP contribution is 1.92.